The standard InChI is InChI=1S/C13H11FN2O3/c14-8-2-1-7-5-11(15-10(7)6-8)12(17)16-9-3-4-19-13(9)18/h1-2,5-6,9,15H,3-4H2,(H,16,17)/t9-/m0/s1. The van der Waals surface area contributed by atoms with E-state index < -0.39 is 17.9 Å². The van der Waals surface area contributed by atoms with Crippen LogP contribution in [-0.2, 0) is 9.53 Å². The van der Waals surface area contributed by atoms with E-state index in [1.54, 1.807) is 12.1 Å². The number of amides is 1. The normalized spacial score (nSPS) is 18.6. The average Bonchev–Trinajstić information content (AvgIpc) is 2.96. The Hall–Kier alpha value is -2.37. The average molecular weight is 262 g/mol. The second-order valence-electron chi connectivity index (χ2n) is 4.40. The van der Waals surface area contributed by atoms with Gasteiger partial charge in [-0.15, -0.1) is 0 Å². The maximum Gasteiger partial charge on any atom is 0.328 e. The molecule has 98 valence electrons. The van der Waals surface area contributed by atoms with Gasteiger partial charge >= 0.3 is 5.97 Å². The highest BCUT2D eigenvalue weighted by Crippen LogP contribution is 2.17. The number of esters is 1. The maximum absolute atomic E-state index is 13.0. The molecule has 1 saturated heterocycles. The van der Waals surface area contributed by atoms with Gasteiger partial charge < -0.3 is 15.0 Å². The number of aromatic amines is 1. The summed E-state index contributed by atoms with van der Waals surface area (Å²) in [6, 6.07) is 5.24. The van der Waals surface area contributed by atoms with Gasteiger partial charge in [0.2, 0.25) is 0 Å². The van der Waals surface area contributed by atoms with Crippen molar-refractivity contribution in [2.75, 3.05) is 6.61 Å². The van der Waals surface area contributed by atoms with Crippen LogP contribution in [0.15, 0.2) is 24.3 Å². The molecule has 3 rings (SSSR count). The first-order valence-corrected chi connectivity index (χ1v) is 5.89. The van der Waals surface area contributed by atoms with Gasteiger partial charge in [-0.3, -0.25) is 4.79 Å². The number of carbonyl (C=O) groups excluding carboxylic acids is 2. The molecule has 0 radical (unpaired) electrons. The highest BCUT2D eigenvalue weighted by Gasteiger charge is 2.28. The summed E-state index contributed by atoms with van der Waals surface area (Å²) in [4.78, 5) is 26.0. The number of aromatic nitrogens is 1. The minimum Gasteiger partial charge on any atom is -0.464 e. The monoisotopic (exact) mass is 262 g/mol. The fourth-order valence-corrected chi connectivity index (χ4v) is 2.08. The van der Waals surface area contributed by atoms with E-state index in [4.69, 9.17) is 4.74 Å². The summed E-state index contributed by atoms with van der Waals surface area (Å²) in [5, 5.41) is 3.32. The SMILES string of the molecule is O=C(N[C@H]1CCOC1=O)c1cc2ccc(F)cc2[nH]1. The van der Waals surface area contributed by atoms with Gasteiger partial charge in [0.15, 0.2) is 0 Å². The Morgan fingerprint density at radius 1 is 1.42 bits per heavy atom. The van der Waals surface area contributed by atoms with Gasteiger partial charge in [0.05, 0.1) is 6.61 Å². The molecular weight excluding hydrogens is 251 g/mol. The lowest BCUT2D eigenvalue weighted by Crippen LogP contribution is -2.38. The number of cyclic esters (lactones) is 1. The van der Waals surface area contributed by atoms with E-state index in [9.17, 15) is 14.0 Å². The van der Waals surface area contributed by atoms with Crippen LogP contribution in [0, 0.1) is 5.82 Å². The first-order valence-electron chi connectivity index (χ1n) is 5.89. The lowest BCUT2D eigenvalue weighted by Gasteiger charge is -2.06. The van der Waals surface area contributed by atoms with Crippen molar-refractivity contribution in [2.45, 2.75) is 12.5 Å². The van der Waals surface area contributed by atoms with Crippen LogP contribution in [-0.4, -0.2) is 29.5 Å². The number of halogens is 1. The maximum atomic E-state index is 13.0. The molecule has 1 aliphatic rings. The smallest absolute Gasteiger partial charge is 0.328 e. The van der Waals surface area contributed by atoms with Gasteiger partial charge in [0.1, 0.15) is 17.6 Å². The van der Waals surface area contributed by atoms with Gasteiger partial charge in [0, 0.05) is 17.3 Å². The van der Waals surface area contributed by atoms with Crippen LogP contribution in [0.3, 0.4) is 0 Å². The van der Waals surface area contributed by atoms with Crippen molar-refractivity contribution in [3.63, 3.8) is 0 Å². The number of benzene rings is 1. The fraction of sp³-hybridized carbons (Fsp3) is 0.231. The molecule has 6 heteroatoms. The molecule has 1 aromatic carbocycles. The quantitative estimate of drug-likeness (QED) is 0.802. The van der Waals surface area contributed by atoms with Crippen molar-refractivity contribution in [1.29, 1.82) is 0 Å². The van der Waals surface area contributed by atoms with Crippen LogP contribution >= 0.6 is 0 Å². The van der Waals surface area contributed by atoms with Crippen molar-refractivity contribution in [2.24, 2.45) is 0 Å². The molecule has 1 fully saturated rings. The van der Waals surface area contributed by atoms with E-state index in [1.165, 1.54) is 12.1 Å². The lowest BCUT2D eigenvalue weighted by atomic mass is 10.2. The zero-order valence-electron chi connectivity index (χ0n) is 9.90. The molecule has 0 aliphatic carbocycles. The second kappa shape index (κ2) is 4.38. The first kappa shape index (κ1) is 11.7. The summed E-state index contributed by atoms with van der Waals surface area (Å²) in [6.45, 7) is 0.321. The minimum absolute atomic E-state index is 0.292. The Balaban J connectivity index is 1.83. The Morgan fingerprint density at radius 2 is 2.26 bits per heavy atom. The number of ether oxygens (including phenoxy) is 1. The van der Waals surface area contributed by atoms with E-state index >= 15 is 0 Å². The highest BCUT2D eigenvalue weighted by molar-refractivity contribution is 5.99. The van der Waals surface area contributed by atoms with Crippen molar-refractivity contribution in [3.05, 3.63) is 35.8 Å². The van der Waals surface area contributed by atoms with Gasteiger partial charge in [-0.05, 0) is 24.3 Å². The lowest BCUT2D eigenvalue weighted by molar-refractivity contribution is -0.139. The summed E-state index contributed by atoms with van der Waals surface area (Å²) in [5.41, 5.74) is 0.833. The molecule has 19 heavy (non-hydrogen) atoms. The molecular formula is C13H11FN2O3. The number of rotatable bonds is 2. The van der Waals surface area contributed by atoms with Crippen LogP contribution < -0.4 is 5.32 Å². The molecule has 2 heterocycles. The van der Waals surface area contributed by atoms with Crippen LogP contribution in [0.2, 0.25) is 0 Å². The first-order chi connectivity index (χ1) is 9.13. The zero-order chi connectivity index (χ0) is 13.4. The van der Waals surface area contributed by atoms with Gasteiger partial charge in [-0.25, -0.2) is 9.18 Å². The molecule has 1 amide bonds. The molecule has 0 spiro atoms. The molecule has 1 aliphatic heterocycles. The zero-order valence-corrected chi connectivity index (χ0v) is 9.90. The van der Waals surface area contributed by atoms with Crippen molar-refractivity contribution < 1.29 is 18.7 Å². The number of hydrogen-bond acceptors (Lipinski definition) is 3. The van der Waals surface area contributed by atoms with Crippen LogP contribution in [0.25, 0.3) is 10.9 Å². The van der Waals surface area contributed by atoms with E-state index in [0.29, 0.717) is 24.2 Å². The largest absolute Gasteiger partial charge is 0.464 e. The molecule has 2 aromatic rings. The molecule has 2 N–H and O–H groups in total. The number of carbonyl (C=O) groups is 2. The van der Waals surface area contributed by atoms with E-state index in [0.717, 1.165) is 5.39 Å². The second-order valence-corrected chi connectivity index (χ2v) is 4.40. The summed E-state index contributed by atoms with van der Waals surface area (Å²) in [5.74, 6) is -1.20. The number of hydrogen-bond donors (Lipinski definition) is 2. The Morgan fingerprint density at radius 3 is 3.00 bits per heavy atom. The minimum atomic E-state index is -0.601. The Labute approximate surface area is 107 Å². The third kappa shape index (κ3) is 2.16. The highest BCUT2D eigenvalue weighted by atomic mass is 19.1. The number of fused-ring (bicyclic) bond motifs is 1. The predicted octanol–water partition coefficient (Wildman–Crippen LogP) is 1.35. The van der Waals surface area contributed by atoms with Crippen LogP contribution in [0.4, 0.5) is 4.39 Å². The van der Waals surface area contributed by atoms with Crippen LogP contribution in [0.1, 0.15) is 16.9 Å². The Bertz CT molecular complexity index is 665. The summed E-state index contributed by atoms with van der Waals surface area (Å²) in [6.07, 6.45) is 0.472. The number of H-pyrrole nitrogens is 1. The van der Waals surface area contributed by atoms with Crippen molar-refractivity contribution in [3.8, 4) is 0 Å². The van der Waals surface area contributed by atoms with Crippen molar-refractivity contribution >= 4 is 22.8 Å². The van der Waals surface area contributed by atoms with E-state index in [-0.39, 0.29) is 5.82 Å². The van der Waals surface area contributed by atoms with Gasteiger partial charge in [0.25, 0.3) is 5.91 Å². The molecule has 0 unspecified atom stereocenters. The predicted molar refractivity (Wildman–Crippen MR) is 65.1 cm³/mol. The van der Waals surface area contributed by atoms with E-state index in [1.807, 2.05) is 0 Å². The third-order valence-electron chi connectivity index (χ3n) is 3.07. The summed E-state index contributed by atoms with van der Waals surface area (Å²) >= 11 is 0. The molecule has 1 aromatic heterocycles. The van der Waals surface area contributed by atoms with Gasteiger partial charge in [-0.2, -0.15) is 0 Å². The molecule has 0 bridgehead atoms. The number of nitrogens with one attached hydrogen (secondary N) is 2. The molecule has 0 saturated carbocycles. The summed E-state index contributed by atoms with van der Waals surface area (Å²) < 4.78 is 17.8. The summed E-state index contributed by atoms with van der Waals surface area (Å²) in [7, 11) is 0. The van der Waals surface area contributed by atoms with Gasteiger partial charge in [-0.1, -0.05) is 0 Å². The van der Waals surface area contributed by atoms with Crippen LogP contribution in [0.5, 0.6) is 0 Å². The third-order valence-corrected chi connectivity index (χ3v) is 3.07. The molecule has 5 nitrogen and oxygen atoms in total. The fourth-order valence-electron chi connectivity index (χ4n) is 2.08. The van der Waals surface area contributed by atoms with Crippen molar-refractivity contribution in [1.82, 2.24) is 10.3 Å². The topological polar surface area (TPSA) is 71.2 Å². The molecule has 1 atom stereocenters. The van der Waals surface area contributed by atoms with E-state index in [2.05, 4.69) is 10.3 Å². The Kier molecular flexibility index (Phi) is 2.70.